The van der Waals surface area contributed by atoms with Gasteiger partial charge in [-0.2, -0.15) is 0 Å². The number of aromatic nitrogens is 2. The molecule has 1 aromatic carbocycles. The molecular formula is C13H14N4O2. The van der Waals surface area contributed by atoms with Crippen molar-refractivity contribution >= 4 is 11.7 Å². The van der Waals surface area contributed by atoms with Crippen LogP contribution in [0.15, 0.2) is 42.9 Å². The van der Waals surface area contributed by atoms with Gasteiger partial charge in [-0.1, -0.05) is 18.2 Å². The first-order chi connectivity index (χ1) is 9.29. The summed E-state index contributed by atoms with van der Waals surface area (Å²) < 4.78 is 5.42. The number of nitrogens with one attached hydrogen (secondary N) is 1. The Morgan fingerprint density at radius 2 is 2.16 bits per heavy atom. The molecule has 0 bridgehead atoms. The van der Waals surface area contributed by atoms with Crippen molar-refractivity contribution in [2.24, 2.45) is 5.73 Å². The highest BCUT2D eigenvalue weighted by Gasteiger charge is 2.06. The average molecular weight is 258 g/mol. The van der Waals surface area contributed by atoms with Gasteiger partial charge in [-0.15, -0.1) is 0 Å². The van der Waals surface area contributed by atoms with E-state index in [1.54, 1.807) is 6.07 Å². The molecule has 0 spiro atoms. The Bertz CT molecular complexity index is 545. The van der Waals surface area contributed by atoms with Gasteiger partial charge in [-0.3, -0.25) is 9.78 Å². The number of hydrogen-bond donors (Lipinski definition) is 2. The number of ether oxygens (including phenoxy) is 1. The quantitative estimate of drug-likeness (QED) is 0.833. The summed E-state index contributed by atoms with van der Waals surface area (Å²) in [7, 11) is 0. The first-order valence-electron chi connectivity index (χ1n) is 5.76. The van der Waals surface area contributed by atoms with Crippen LogP contribution in [0.4, 0.5) is 5.82 Å². The van der Waals surface area contributed by atoms with E-state index in [0.717, 1.165) is 5.56 Å². The number of anilines is 1. The summed E-state index contributed by atoms with van der Waals surface area (Å²) >= 11 is 0. The molecule has 1 aromatic heterocycles. The van der Waals surface area contributed by atoms with Gasteiger partial charge in [-0.25, -0.2) is 4.98 Å². The van der Waals surface area contributed by atoms with E-state index in [-0.39, 0.29) is 12.5 Å². The number of carbonyl (C=O) groups is 1. The topological polar surface area (TPSA) is 90.1 Å². The van der Waals surface area contributed by atoms with Crippen molar-refractivity contribution in [1.82, 2.24) is 9.97 Å². The summed E-state index contributed by atoms with van der Waals surface area (Å²) in [6.45, 7) is 0.259. The van der Waals surface area contributed by atoms with E-state index in [1.165, 1.54) is 18.6 Å². The third kappa shape index (κ3) is 3.75. The molecule has 6 nitrogen and oxygen atoms in total. The standard InChI is InChI=1S/C13H14N4O2/c14-7-10-3-1-2-4-11(10)19-9-13(18)17-12-8-15-5-6-16-12/h1-6,8H,7,9,14H2,(H,16,17,18). The van der Waals surface area contributed by atoms with Gasteiger partial charge in [-0.05, 0) is 6.07 Å². The lowest BCUT2D eigenvalue weighted by atomic mass is 10.2. The Morgan fingerprint density at radius 1 is 1.32 bits per heavy atom. The highest BCUT2D eigenvalue weighted by Crippen LogP contribution is 2.16. The Kier molecular flexibility index (Phi) is 4.41. The van der Waals surface area contributed by atoms with Gasteiger partial charge in [0.05, 0.1) is 6.20 Å². The molecule has 0 aliphatic heterocycles. The van der Waals surface area contributed by atoms with Crippen LogP contribution in [-0.4, -0.2) is 22.5 Å². The van der Waals surface area contributed by atoms with Gasteiger partial charge in [0.15, 0.2) is 12.4 Å². The summed E-state index contributed by atoms with van der Waals surface area (Å²) in [5, 5.41) is 2.58. The van der Waals surface area contributed by atoms with Crippen molar-refractivity contribution in [2.45, 2.75) is 6.54 Å². The molecule has 0 radical (unpaired) electrons. The zero-order chi connectivity index (χ0) is 13.5. The molecule has 0 saturated carbocycles. The molecule has 0 saturated heterocycles. The van der Waals surface area contributed by atoms with Gasteiger partial charge in [0, 0.05) is 24.5 Å². The van der Waals surface area contributed by atoms with Crippen molar-refractivity contribution in [3.05, 3.63) is 48.4 Å². The number of nitrogens with zero attached hydrogens (tertiary/aromatic N) is 2. The van der Waals surface area contributed by atoms with E-state index in [9.17, 15) is 4.79 Å². The van der Waals surface area contributed by atoms with E-state index < -0.39 is 0 Å². The minimum Gasteiger partial charge on any atom is -0.483 e. The van der Waals surface area contributed by atoms with E-state index >= 15 is 0 Å². The number of hydrogen-bond acceptors (Lipinski definition) is 5. The smallest absolute Gasteiger partial charge is 0.263 e. The van der Waals surface area contributed by atoms with Gasteiger partial charge in [0.25, 0.3) is 5.91 Å². The van der Waals surface area contributed by atoms with Crippen LogP contribution in [0.1, 0.15) is 5.56 Å². The molecule has 0 unspecified atom stereocenters. The van der Waals surface area contributed by atoms with E-state index in [4.69, 9.17) is 10.5 Å². The maximum absolute atomic E-state index is 11.7. The van der Waals surface area contributed by atoms with E-state index in [2.05, 4.69) is 15.3 Å². The number of carbonyl (C=O) groups excluding carboxylic acids is 1. The SMILES string of the molecule is NCc1ccccc1OCC(=O)Nc1cnccn1. The van der Waals surface area contributed by atoms with Crippen LogP contribution in [0.2, 0.25) is 0 Å². The monoisotopic (exact) mass is 258 g/mol. The number of amides is 1. The molecule has 0 fully saturated rings. The number of benzene rings is 1. The maximum Gasteiger partial charge on any atom is 0.263 e. The minimum atomic E-state index is -0.299. The Hall–Kier alpha value is -2.47. The predicted octanol–water partition coefficient (Wildman–Crippen LogP) is 0.953. The normalized spacial score (nSPS) is 9.95. The predicted molar refractivity (Wildman–Crippen MR) is 70.5 cm³/mol. The fourth-order valence-corrected chi connectivity index (χ4v) is 1.50. The third-order valence-corrected chi connectivity index (χ3v) is 2.38. The second-order valence-corrected chi connectivity index (χ2v) is 3.74. The van der Waals surface area contributed by atoms with Crippen molar-refractivity contribution in [3.63, 3.8) is 0 Å². The zero-order valence-electron chi connectivity index (χ0n) is 10.2. The second kappa shape index (κ2) is 6.46. The molecule has 1 amide bonds. The molecule has 6 heteroatoms. The molecule has 0 aliphatic carbocycles. The van der Waals surface area contributed by atoms with Gasteiger partial charge >= 0.3 is 0 Å². The molecule has 98 valence electrons. The van der Waals surface area contributed by atoms with Crippen molar-refractivity contribution in [3.8, 4) is 5.75 Å². The number of nitrogens with two attached hydrogens (primary N) is 1. The summed E-state index contributed by atoms with van der Waals surface area (Å²) in [5.74, 6) is 0.704. The minimum absolute atomic E-state index is 0.104. The molecular weight excluding hydrogens is 244 g/mol. The van der Waals surface area contributed by atoms with Crippen LogP contribution in [0.25, 0.3) is 0 Å². The maximum atomic E-state index is 11.7. The highest BCUT2D eigenvalue weighted by molar-refractivity contribution is 5.90. The highest BCUT2D eigenvalue weighted by atomic mass is 16.5. The summed E-state index contributed by atoms with van der Waals surface area (Å²) in [4.78, 5) is 19.4. The summed E-state index contributed by atoms with van der Waals surface area (Å²) in [6.07, 6.45) is 4.50. The van der Waals surface area contributed by atoms with Crippen LogP contribution in [0.5, 0.6) is 5.75 Å². The molecule has 0 aliphatic rings. The van der Waals surface area contributed by atoms with Crippen LogP contribution >= 0.6 is 0 Å². The second-order valence-electron chi connectivity index (χ2n) is 3.74. The third-order valence-electron chi connectivity index (χ3n) is 2.38. The summed E-state index contributed by atoms with van der Waals surface area (Å²) in [5.41, 5.74) is 6.44. The molecule has 19 heavy (non-hydrogen) atoms. The number of para-hydroxylation sites is 1. The van der Waals surface area contributed by atoms with Crippen molar-refractivity contribution in [2.75, 3.05) is 11.9 Å². The fourth-order valence-electron chi connectivity index (χ4n) is 1.50. The van der Waals surface area contributed by atoms with E-state index in [1.807, 2.05) is 18.2 Å². The average Bonchev–Trinajstić information content (AvgIpc) is 2.46. The summed E-state index contributed by atoms with van der Waals surface area (Å²) in [6, 6.07) is 7.33. The van der Waals surface area contributed by atoms with Crippen LogP contribution in [-0.2, 0) is 11.3 Å². The van der Waals surface area contributed by atoms with Gasteiger partial charge < -0.3 is 15.8 Å². The molecule has 3 N–H and O–H groups in total. The van der Waals surface area contributed by atoms with Crippen LogP contribution in [0, 0.1) is 0 Å². The van der Waals surface area contributed by atoms with Crippen molar-refractivity contribution < 1.29 is 9.53 Å². The molecule has 1 heterocycles. The van der Waals surface area contributed by atoms with Crippen LogP contribution < -0.4 is 15.8 Å². The Morgan fingerprint density at radius 3 is 2.89 bits per heavy atom. The van der Waals surface area contributed by atoms with Crippen molar-refractivity contribution in [1.29, 1.82) is 0 Å². The molecule has 2 aromatic rings. The lowest BCUT2D eigenvalue weighted by molar-refractivity contribution is -0.118. The lowest BCUT2D eigenvalue weighted by Gasteiger charge is -2.09. The molecule has 0 atom stereocenters. The van der Waals surface area contributed by atoms with Gasteiger partial charge in [0.1, 0.15) is 5.75 Å². The first kappa shape index (κ1) is 13.0. The number of rotatable bonds is 5. The largest absolute Gasteiger partial charge is 0.483 e. The zero-order valence-corrected chi connectivity index (χ0v) is 10.2. The Balaban J connectivity index is 1.90. The first-order valence-corrected chi connectivity index (χ1v) is 5.76. The fraction of sp³-hybridized carbons (Fsp3) is 0.154. The van der Waals surface area contributed by atoms with Crippen LogP contribution in [0.3, 0.4) is 0 Å². The lowest BCUT2D eigenvalue weighted by Crippen LogP contribution is -2.21. The van der Waals surface area contributed by atoms with E-state index in [0.29, 0.717) is 18.1 Å². The Labute approximate surface area is 110 Å². The molecule has 2 rings (SSSR count). The van der Waals surface area contributed by atoms with Gasteiger partial charge in [0.2, 0.25) is 0 Å².